The highest BCUT2D eigenvalue weighted by Gasteiger charge is 2.30. The minimum absolute atomic E-state index is 0.0940. The largest absolute Gasteiger partial charge is 0.463 e. The van der Waals surface area contributed by atoms with Crippen molar-refractivity contribution in [3.8, 4) is 0 Å². The molecule has 0 aromatic heterocycles. The van der Waals surface area contributed by atoms with E-state index in [1.165, 1.54) is 23.9 Å². The van der Waals surface area contributed by atoms with E-state index in [1.54, 1.807) is 30.3 Å². The van der Waals surface area contributed by atoms with Crippen molar-refractivity contribution >= 4 is 50.2 Å². The van der Waals surface area contributed by atoms with Gasteiger partial charge in [0.05, 0.1) is 4.90 Å². The molecular weight excluding hydrogens is 389 g/mol. The van der Waals surface area contributed by atoms with Gasteiger partial charge in [-0.2, -0.15) is 8.42 Å². The van der Waals surface area contributed by atoms with Crippen molar-refractivity contribution in [2.24, 2.45) is 4.40 Å². The van der Waals surface area contributed by atoms with Crippen LogP contribution in [0.2, 0.25) is 10.0 Å². The van der Waals surface area contributed by atoms with Crippen molar-refractivity contribution in [2.75, 3.05) is 5.75 Å². The molecule has 0 N–H and O–H groups in total. The molecule has 126 valence electrons. The van der Waals surface area contributed by atoms with Crippen molar-refractivity contribution in [3.63, 3.8) is 0 Å². The number of hydrogen-bond acceptors (Lipinski definition) is 4. The Balaban J connectivity index is 1.85. The molecule has 1 atom stereocenters. The maximum Gasteiger partial charge on any atom is 0.286 e. The van der Waals surface area contributed by atoms with Gasteiger partial charge in [0.1, 0.15) is 6.10 Å². The maximum atomic E-state index is 12.3. The topological polar surface area (TPSA) is 55.7 Å². The molecule has 2 aromatic carbocycles. The summed E-state index contributed by atoms with van der Waals surface area (Å²) >= 11 is 13.6. The van der Waals surface area contributed by atoms with Gasteiger partial charge in [-0.3, -0.25) is 0 Å². The highest BCUT2D eigenvalue weighted by atomic mass is 35.5. The molecule has 0 amide bonds. The monoisotopic (exact) mass is 401 g/mol. The number of nitrogens with zero attached hydrogens (tertiary/aromatic N) is 1. The molecule has 24 heavy (non-hydrogen) atoms. The number of rotatable bonds is 3. The molecule has 4 nitrogen and oxygen atoms in total. The van der Waals surface area contributed by atoms with E-state index >= 15 is 0 Å². The second kappa shape index (κ2) is 6.96. The molecule has 1 heterocycles. The van der Waals surface area contributed by atoms with Crippen LogP contribution in [-0.2, 0) is 14.8 Å². The molecule has 0 aliphatic carbocycles. The fraction of sp³-hybridized carbons (Fsp3) is 0.188. The molecule has 1 unspecified atom stereocenters. The van der Waals surface area contributed by atoms with E-state index in [9.17, 15) is 8.42 Å². The van der Waals surface area contributed by atoms with Crippen molar-refractivity contribution in [1.29, 1.82) is 0 Å². The Morgan fingerprint density at radius 2 is 1.75 bits per heavy atom. The second-order valence-corrected chi connectivity index (χ2v) is 8.59. The smallest absolute Gasteiger partial charge is 0.286 e. The predicted molar refractivity (Wildman–Crippen MR) is 98.5 cm³/mol. The van der Waals surface area contributed by atoms with Gasteiger partial charge in [-0.05, 0) is 31.2 Å². The first-order chi connectivity index (χ1) is 11.4. The van der Waals surface area contributed by atoms with Crippen molar-refractivity contribution < 1.29 is 13.2 Å². The maximum absolute atomic E-state index is 12.3. The van der Waals surface area contributed by atoms with Crippen molar-refractivity contribution in [2.45, 2.75) is 17.9 Å². The van der Waals surface area contributed by atoms with Crippen LogP contribution in [0.15, 0.2) is 51.8 Å². The Labute approximate surface area is 154 Å². The van der Waals surface area contributed by atoms with Gasteiger partial charge >= 0.3 is 0 Å². The van der Waals surface area contributed by atoms with Gasteiger partial charge in [-0.1, -0.05) is 58.7 Å². The summed E-state index contributed by atoms with van der Waals surface area (Å²) < 4.78 is 34.1. The minimum Gasteiger partial charge on any atom is -0.463 e. The van der Waals surface area contributed by atoms with Crippen LogP contribution < -0.4 is 0 Å². The van der Waals surface area contributed by atoms with E-state index in [1.807, 2.05) is 6.92 Å². The molecule has 1 aliphatic heterocycles. The quantitative estimate of drug-likeness (QED) is 0.737. The van der Waals surface area contributed by atoms with Crippen molar-refractivity contribution in [1.82, 2.24) is 0 Å². The van der Waals surface area contributed by atoms with Crippen LogP contribution in [0.1, 0.15) is 17.2 Å². The van der Waals surface area contributed by atoms with E-state index in [0.717, 1.165) is 5.56 Å². The van der Waals surface area contributed by atoms with Crippen molar-refractivity contribution in [3.05, 3.63) is 63.6 Å². The normalized spacial score (nSPS) is 19.5. The van der Waals surface area contributed by atoms with E-state index < -0.39 is 16.1 Å². The lowest BCUT2D eigenvalue weighted by atomic mass is 10.1. The van der Waals surface area contributed by atoms with Gasteiger partial charge in [0.15, 0.2) is 0 Å². The zero-order valence-corrected chi connectivity index (χ0v) is 15.7. The Kier molecular flexibility index (Phi) is 5.11. The summed E-state index contributed by atoms with van der Waals surface area (Å²) in [6, 6.07) is 11.7. The average molecular weight is 402 g/mol. The predicted octanol–water partition coefficient (Wildman–Crippen LogP) is 4.85. The third-order valence-electron chi connectivity index (χ3n) is 3.44. The average Bonchev–Trinajstić information content (AvgIpc) is 2.95. The molecule has 8 heteroatoms. The zero-order chi connectivity index (χ0) is 17.3. The zero-order valence-electron chi connectivity index (χ0n) is 12.6. The van der Waals surface area contributed by atoms with E-state index in [4.69, 9.17) is 27.9 Å². The fourth-order valence-electron chi connectivity index (χ4n) is 2.21. The lowest BCUT2D eigenvalue weighted by Crippen LogP contribution is -2.05. The summed E-state index contributed by atoms with van der Waals surface area (Å²) in [5.41, 5.74) is 1.62. The molecule has 0 radical (unpaired) electrons. The van der Waals surface area contributed by atoms with Crippen LogP contribution in [0, 0.1) is 6.92 Å². The molecule has 1 aliphatic rings. The number of benzene rings is 2. The van der Waals surface area contributed by atoms with Crippen LogP contribution in [0.5, 0.6) is 0 Å². The van der Waals surface area contributed by atoms with Crippen LogP contribution in [0.3, 0.4) is 0 Å². The summed E-state index contributed by atoms with van der Waals surface area (Å²) in [4.78, 5) is 0.129. The third-order valence-corrected chi connectivity index (χ3v) is 6.39. The highest BCUT2D eigenvalue weighted by Crippen LogP contribution is 2.39. The lowest BCUT2D eigenvalue weighted by Gasteiger charge is -2.13. The number of ether oxygens (including phenoxy) is 1. The first-order valence-corrected chi connectivity index (χ1v) is 10.2. The molecule has 0 spiro atoms. The summed E-state index contributed by atoms with van der Waals surface area (Å²) in [5.74, 6) is 0.492. The van der Waals surface area contributed by atoms with Gasteiger partial charge in [-0.25, -0.2) is 0 Å². The van der Waals surface area contributed by atoms with Crippen LogP contribution in [0.25, 0.3) is 0 Å². The Morgan fingerprint density at radius 1 is 1.12 bits per heavy atom. The second-order valence-electron chi connectivity index (χ2n) is 5.20. The standard InChI is InChI=1S/C16H13Cl2NO3S2/c1-10-5-7-11(8-6-10)24(20,21)19-16-22-14(9-23-16)15-12(17)3-2-4-13(15)18/h2-8,14H,9H2,1H3/b19-16+. The van der Waals surface area contributed by atoms with Gasteiger partial charge in [0.25, 0.3) is 15.3 Å². The Bertz CT molecular complexity index is 876. The summed E-state index contributed by atoms with van der Waals surface area (Å²) in [5, 5.41) is 1.06. The molecular formula is C16H13Cl2NO3S2. The summed E-state index contributed by atoms with van der Waals surface area (Å²) in [6.07, 6.45) is -0.428. The van der Waals surface area contributed by atoms with Crippen LogP contribution >= 0.6 is 35.0 Å². The lowest BCUT2D eigenvalue weighted by molar-refractivity contribution is 0.237. The van der Waals surface area contributed by atoms with Crippen LogP contribution in [0.4, 0.5) is 0 Å². The first kappa shape index (κ1) is 17.6. The minimum atomic E-state index is -3.81. The molecule has 1 fully saturated rings. The number of halogens is 2. The SMILES string of the molecule is Cc1ccc(S(=O)(=O)/N=C2\OC(c3c(Cl)cccc3Cl)CS2)cc1. The van der Waals surface area contributed by atoms with E-state index in [-0.39, 0.29) is 10.1 Å². The summed E-state index contributed by atoms with van der Waals surface area (Å²) in [7, 11) is -3.81. The number of hydrogen-bond donors (Lipinski definition) is 0. The van der Waals surface area contributed by atoms with E-state index in [0.29, 0.717) is 21.4 Å². The van der Waals surface area contributed by atoms with Gasteiger partial charge in [-0.15, -0.1) is 4.40 Å². The first-order valence-electron chi connectivity index (χ1n) is 7.02. The third kappa shape index (κ3) is 3.72. The van der Waals surface area contributed by atoms with Crippen LogP contribution in [-0.4, -0.2) is 19.4 Å². The van der Waals surface area contributed by atoms with E-state index in [2.05, 4.69) is 4.40 Å². The summed E-state index contributed by atoms with van der Waals surface area (Å²) in [6.45, 7) is 1.89. The van der Waals surface area contributed by atoms with Gasteiger partial charge in [0, 0.05) is 21.4 Å². The molecule has 0 saturated carbocycles. The fourth-order valence-corrected chi connectivity index (χ4v) is 4.89. The Hall–Kier alpha value is -1.21. The molecule has 1 saturated heterocycles. The molecule has 0 bridgehead atoms. The number of sulfonamides is 1. The Morgan fingerprint density at radius 3 is 2.38 bits per heavy atom. The number of aryl methyl sites for hydroxylation is 1. The van der Waals surface area contributed by atoms with Gasteiger partial charge in [0.2, 0.25) is 0 Å². The molecule has 2 aromatic rings. The van der Waals surface area contributed by atoms with Gasteiger partial charge < -0.3 is 4.74 Å². The molecule has 3 rings (SSSR count). The highest BCUT2D eigenvalue weighted by molar-refractivity contribution is 8.14. The number of thioether (sulfide) groups is 1.